The summed E-state index contributed by atoms with van der Waals surface area (Å²) in [6.07, 6.45) is 7.78. The molecule has 0 spiro atoms. The van der Waals surface area contributed by atoms with Crippen molar-refractivity contribution in [3.05, 3.63) is 48.0 Å². The molecule has 3 aliphatic rings. The average Bonchev–Trinajstić information content (AvgIpc) is 3.12. The number of benzene rings is 1. The van der Waals surface area contributed by atoms with Gasteiger partial charge in [0.25, 0.3) is 0 Å². The largest absolute Gasteiger partial charge is 0.396 e. The minimum absolute atomic E-state index is 0.104. The van der Waals surface area contributed by atoms with Crippen LogP contribution in [0.1, 0.15) is 63.9 Å². The first-order valence-corrected chi connectivity index (χ1v) is 12.9. The Morgan fingerprint density at radius 2 is 1.91 bits per heavy atom. The van der Waals surface area contributed by atoms with Gasteiger partial charge in [-0.05, 0) is 91.9 Å². The number of aliphatic hydroxyl groups excluding tert-OH is 2. The van der Waals surface area contributed by atoms with Gasteiger partial charge in [-0.3, -0.25) is 0 Å². The first-order valence-electron chi connectivity index (χ1n) is 12.9. The summed E-state index contributed by atoms with van der Waals surface area (Å²) in [5.41, 5.74) is 2.65. The highest BCUT2D eigenvalue weighted by Crippen LogP contribution is 2.60. The molecule has 0 saturated heterocycles. The Hall–Kier alpha value is -1.85. The molecular weight excluding hydrogens is 412 g/mol. The molecule has 5 nitrogen and oxygen atoms in total. The molecule has 182 valence electrons. The SMILES string of the molecule is C=C1CC[C@H]2[C@H](CNC(=O)NCc3ccccc3)[C@@H]([C@@H]3CC[C@H](O)C[C@@H]3CCO)CC[C@]12C. The maximum atomic E-state index is 12.7. The highest BCUT2D eigenvalue weighted by Gasteiger charge is 2.53. The molecule has 0 aliphatic heterocycles. The zero-order valence-electron chi connectivity index (χ0n) is 20.1. The summed E-state index contributed by atoms with van der Waals surface area (Å²) in [5, 5.41) is 26.2. The van der Waals surface area contributed by atoms with Crippen LogP contribution in [0.2, 0.25) is 0 Å². The number of allylic oxidation sites excluding steroid dienone is 1. The number of hydrogen-bond acceptors (Lipinski definition) is 3. The second-order valence-corrected chi connectivity index (χ2v) is 11.0. The van der Waals surface area contributed by atoms with E-state index >= 15 is 0 Å². The minimum atomic E-state index is -0.238. The van der Waals surface area contributed by atoms with E-state index in [0.29, 0.717) is 42.7 Å². The van der Waals surface area contributed by atoms with Crippen molar-refractivity contribution in [3.63, 3.8) is 0 Å². The summed E-state index contributed by atoms with van der Waals surface area (Å²) in [6, 6.07) is 9.89. The van der Waals surface area contributed by atoms with E-state index in [-0.39, 0.29) is 24.2 Å². The van der Waals surface area contributed by atoms with Gasteiger partial charge in [0.1, 0.15) is 0 Å². The van der Waals surface area contributed by atoms with Gasteiger partial charge in [-0.2, -0.15) is 0 Å². The molecular formula is C28H42N2O3. The fourth-order valence-corrected chi connectivity index (χ4v) is 7.42. The number of hydrogen-bond donors (Lipinski definition) is 4. The molecule has 3 saturated carbocycles. The van der Waals surface area contributed by atoms with Gasteiger partial charge in [0.2, 0.25) is 0 Å². The van der Waals surface area contributed by atoms with Gasteiger partial charge < -0.3 is 20.8 Å². The van der Waals surface area contributed by atoms with E-state index < -0.39 is 0 Å². The molecule has 1 aromatic carbocycles. The van der Waals surface area contributed by atoms with E-state index in [1.807, 2.05) is 30.3 Å². The molecule has 0 aromatic heterocycles. The van der Waals surface area contributed by atoms with Crippen LogP contribution in [0.3, 0.4) is 0 Å². The van der Waals surface area contributed by atoms with Crippen molar-refractivity contribution in [3.8, 4) is 0 Å². The highest BCUT2D eigenvalue weighted by atomic mass is 16.3. The summed E-state index contributed by atoms with van der Waals surface area (Å²) in [7, 11) is 0. The lowest BCUT2D eigenvalue weighted by molar-refractivity contribution is -0.0279. The van der Waals surface area contributed by atoms with Gasteiger partial charge in [0.05, 0.1) is 6.10 Å². The van der Waals surface area contributed by atoms with E-state index in [0.717, 1.165) is 50.5 Å². The fourth-order valence-electron chi connectivity index (χ4n) is 7.42. The summed E-state index contributed by atoms with van der Waals surface area (Å²) in [4.78, 5) is 12.7. The third-order valence-corrected chi connectivity index (χ3v) is 9.30. The van der Waals surface area contributed by atoms with Crippen molar-refractivity contribution in [1.29, 1.82) is 0 Å². The van der Waals surface area contributed by atoms with E-state index in [4.69, 9.17) is 0 Å². The Bertz CT molecular complexity index is 813. The maximum absolute atomic E-state index is 12.7. The van der Waals surface area contributed by atoms with Gasteiger partial charge in [0, 0.05) is 19.7 Å². The van der Waals surface area contributed by atoms with Gasteiger partial charge in [0.15, 0.2) is 0 Å². The van der Waals surface area contributed by atoms with E-state index in [1.165, 1.54) is 12.0 Å². The lowest BCUT2D eigenvalue weighted by atomic mass is 9.54. The Labute approximate surface area is 199 Å². The Kier molecular flexibility index (Phi) is 7.80. The van der Waals surface area contributed by atoms with Crippen LogP contribution in [0.25, 0.3) is 0 Å². The third kappa shape index (κ3) is 5.30. The third-order valence-electron chi connectivity index (χ3n) is 9.30. The molecule has 3 fully saturated rings. The highest BCUT2D eigenvalue weighted by molar-refractivity contribution is 5.73. The van der Waals surface area contributed by atoms with Crippen LogP contribution in [0, 0.1) is 35.0 Å². The fraction of sp³-hybridized carbons (Fsp3) is 0.679. The number of aliphatic hydroxyl groups is 2. The number of carbonyl (C=O) groups excluding carboxylic acids is 1. The van der Waals surface area contributed by atoms with Gasteiger partial charge in [-0.25, -0.2) is 4.79 Å². The number of rotatable bonds is 7. The van der Waals surface area contributed by atoms with E-state index in [1.54, 1.807) is 0 Å². The van der Waals surface area contributed by atoms with Crippen molar-refractivity contribution in [1.82, 2.24) is 10.6 Å². The standard InChI is InChI=1S/C28H42N2O3/c1-19-8-11-26-25(18-30-27(33)29-17-20-6-4-3-5-7-20)24(12-14-28(19,26)2)23-10-9-22(32)16-21(23)13-15-31/h3-7,21-26,31-32H,1,8-18H2,2H3,(H2,29,30,33)/t21-,22-,23+,24+,25+,26-,28+/m0/s1. The van der Waals surface area contributed by atoms with Crippen molar-refractivity contribution >= 4 is 6.03 Å². The van der Waals surface area contributed by atoms with Crippen molar-refractivity contribution in [2.24, 2.45) is 35.0 Å². The lowest BCUT2D eigenvalue weighted by Crippen LogP contribution is -2.50. The monoisotopic (exact) mass is 454 g/mol. The molecule has 0 bridgehead atoms. The average molecular weight is 455 g/mol. The second-order valence-electron chi connectivity index (χ2n) is 11.0. The quantitative estimate of drug-likeness (QED) is 0.453. The predicted octanol–water partition coefficient (Wildman–Crippen LogP) is 4.64. The van der Waals surface area contributed by atoms with Crippen LogP contribution >= 0.6 is 0 Å². The van der Waals surface area contributed by atoms with Crippen LogP contribution < -0.4 is 10.6 Å². The normalized spacial score (nSPS) is 36.3. The first kappa shape index (κ1) is 24.3. The summed E-state index contributed by atoms with van der Waals surface area (Å²) in [5.74, 6) is 2.35. The molecule has 3 aliphatic carbocycles. The van der Waals surface area contributed by atoms with Crippen LogP contribution in [0.5, 0.6) is 0 Å². The van der Waals surface area contributed by atoms with Crippen LogP contribution in [0.4, 0.5) is 4.79 Å². The second kappa shape index (κ2) is 10.6. The van der Waals surface area contributed by atoms with Gasteiger partial charge in [-0.15, -0.1) is 0 Å². The van der Waals surface area contributed by atoms with Crippen LogP contribution in [0.15, 0.2) is 42.5 Å². The Balaban J connectivity index is 1.46. The zero-order valence-corrected chi connectivity index (χ0v) is 20.1. The lowest BCUT2D eigenvalue weighted by Gasteiger charge is -2.52. The Morgan fingerprint density at radius 1 is 1.12 bits per heavy atom. The number of carbonyl (C=O) groups is 1. The van der Waals surface area contributed by atoms with Crippen molar-refractivity contribution in [2.45, 2.75) is 70.9 Å². The molecule has 2 amide bonds. The Morgan fingerprint density at radius 3 is 2.67 bits per heavy atom. The summed E-state index contributed by atoms with van der Waals surface area (Å²) in [6.45, 7) is 8.21. The first-order chi connectivity index (χ1) is 15.9. The topological polar surface area (TPSA) is 81.6 Å². The predicted molar refractivity (Wildman–Crippen MR) is 131 cm³/mol. The van der Waals surface area contributed by atoms with E-state index in [9.17, 15) is 15.0 Å². The molecule has 0 unspecified atom stereocenters. The molecule has 5 heteroatoms. The molecule has 4 N–H and O–H groups in total. The number of nitrogens with one attached hydrogen (secondary N) is 2. The minimum Gasteiger partial charge on any atom is -0.396 e. The van der Waals surface area contributed by atoms with Crippen LogP contribution in [-0.2, 0) is 6.54 Å². The molecule has 33 heavy (non-hydrogen) atoms. The zero-order chi connectivity index (χ0) is 23.4. The molecule has 0 radical (unpaired) electrons. The van der Waals surface area contributed by atoms with Crippen LogP contribution in [-0.4, -0.2) is 35.5 Å². The van der Waals surface area contributed by atoms with Gasteiger partial charge in [-0.1, -0.05) is 49.4 Å². The molecule has 1 aromatic rings. The van der Waals surface area contributed by atoms with Crippen molar-refractivity contribution < 1.29 is 15.0 Å². The van der Waals surface area contributed by atoms with E-state index in [2.05, 4.69) is 24.1 Å². The number of fused-ring (bicyclic) bond motifs is 1. The number of urea groups is 1. The number of amides is 2. The molecule has 0 heterocycles. The molecule has 7 atom stereocenters. The maximum Gasteiger partial charge on any atom is 0.315 e. The van der Waals surface area contributed by atoms with Gasteiger partial charge >= 0.3 is 6.03 Å². The molecule has 4 rings (SSSR count). The smallest absolute Gasteiger partial charge is 0.315 e. The summed E-state index contributed by atoms with van der Waals surface area (Å²) < 4.78 is 0. The summed E-state index contributed by atoms with van der Waals surface area (Å²) >= 11 is 0. The van der Waals surface area contributed by atoms with Crippen molar-refractivity contribution in [2.75, 3.05) is 13.2 Å².